The third kappa shape index (κ3) is 3.80. The lowest BCUT2D eigenvalue weighted by Crippen LogP contribution is -2.31. The predicted molar refractivity (Wildman–Crippen MR) is 91.0 cm³/mol. The van der Waals surface area contributed by atoms with Crippen LogP contribution in [0.3, 0.4) is 0 Å². The van der Waals surface area contributed by atoms with Crippen LogP contribution >= 0.6 is 0 Å². The van der Waals surface area contributed by atoms with Crippen LogP contribution in [0.4, 0.5) is 4.79 Å². The van der Waals surface area contributed by atoms with Gasteiger partial charge in [-0.15, -0.1) is 0 Å². The van der Waals surface area contributed by atoms with Gasteiger partial charge in [0.15, 0.2) is 0 Å². The first-order valence-electron chi connectivity index (χ1n) is 8.06. The molecule has 0 saturated heterocycles. The number of amides is 3. The number of hydrogen-bond acceptors (Lipinski definition) is 5. The van der Waals surface area contributed by atoms with E-state index in [0.29, 0.717) is 35.6 Å². The fourth-order valence-corrected chi connectivity index (χ4v) is 2.62. The minimum atomic E-state index is -1.10. The number of aromatic nitrogens is 1. The average Bonchev–Trinajstić information content (AvgIpc) is 2.89. The van der Waals surface area contributed by atoms with Crippen molar-refractivity contribution in [3.63, 3.8) is 0 Å². The van der Waals surface area contributed by atoms with Gasteiger partial charge in [0.2, 0.25) is 5.88 Å². The van der Waals surface area contributed by atoms with E-state index in [-0.39, 0.29) is 24.9 Å². The Hall–Kier alpha value is -3.42. The Kier molecular flexibility index (Phi) is 5.12. The third-order valence-corrected chi connectivity index (χ3v) is 3.90. The fourth-order valence-electron chi connectivity index (χ4n) is 2.62. The van der Waals surface area contributed by atoms with Gasteiger partial charge in [0.05, 0.1) is 17.7 Å². The summed E-state index contributed by atoms with van der Waals surface area (Å²) in [5, 5.41) is 10.8. The van der Waals surface area contributed by atoms with Gasteiger partial charge >= 0.3 is 6.09 Å². The average molecular weight is 355 g/mol. The number of nitrogens with one attached hydrogen (secondary N) is 1. The lowest BCUT2D eigenvalue weighted by molar-refractivity contribution is 0.0646. The van der Waals surface area contributed by atoms with Crippen LogP contribution in [0.1, 0.15) is 32.7 Å². The third-order valence-electron chi connectivity index (χ3n) is 3.90. The number of imide groups is 1. The number of carbonyl (C=O) groups is 3. The van der Waals surface area contributed by atoms with Gasteiger partial charge in [-0.2, -0.15) is 0 Å². The van der Waals surface area contributed by atoms with Gasteiger partial charge in [-0.1, -0.05) is 18.2 Å². The number of pyridine rings is 1. The molecule has 134 valence electrons. The number of hydrogen-bond donors (Lipinski definition) is 2. The SMILES string of the molecule is O=C(O)NCc1ccc(OCCCN2C(=O)c3ccccc3C2=O)nc1. The van der Waals surface area contributed by atoms with Crippen molar-refractivity contribution in [2.45, 2.75) is 13.0 Å². The lowest BCUT2D eigenvalue weighted by Gasteiger charge is -2.13. The molecule has 1 aliphatic heterocycles. The smallest absolute Gasteiger partial charge is 0.404 e. The highest BCUT2D eigenvalue weighted by molar-refractivity contribution is 6.21. The quantitative estimate of drug-likeness (QED) is 0.580. The summed E-state index contributed by atoms with van der Waals surface area (Å²) in [4.78, 5) is 40.2. The van der Waals surface area contributed by atoms with E-state index in [1.165, 1.54) is 11.1 Å². The highest BCUT2D eigenvalue weighted by Crippen LogP contribution is 2.22. The Morgan fingerprint density at radius 1 is 1.12 bits per heavy atom. The molecule has 26 heavy (non-hydrogen) atoms. The van der Waals surface area contributed by atoms with Crippen LogP contribution in [-0.4, -0.2) is 46.0 Å². The number of fused-ring (bicyclic) bond motifs is 1. The first-order valence-corrected chi connectivity index (χ1v) is 8.06. The Morgan fingerprint density at radius 3 is 2.38 bits per heavy atom. The molecule has 0 unspecified atom stereocenters. The number of rotatable bonds is 7. The topological polar surface area (TPSA) is 109 Å². The van der Waals surface area contributed by atoms with Crippen LogP contribution in [0.15, 0.2) is 42.6 Å². The normalized spacial score (nSPS) is 12.8. The Bertz CT molecular complexity index is 800. The monoisotopic (exact) mass is 355 g/mol. The maximum atomic E-state index is 12.2. The van der Waals surface area contributed by atoms with Crippen molar-refractivity contribution in [2.75, 3.05) is 13.2 Å². The number of nitrogens with zero attached hydrogens (tertiary/aromatic N) is 2. The van der Waals surface area contributed by atoms with Crippen LogP contribution in [0.2, 0.25) is 0 Å². The maximum absolute atomic E-state index is 12.2. The summed E-state index contributed by atoms with van der Waals surface area (Å²) >= 11 is 0. The summed E-state index contributed by atoms with van der Waals surface area (Å²) in [7, 11) is 0. The molecular weight excluding hydrogens is 338 g/mol. The first kappa shape index (κ1) is 17.4. The van der Waals surface area contributed by atoms with E-state index in [0.717, 1.165) is 0 Å². The molecule has 1 aromatic carbocycles. The molecule has 0 radical (unpaired) electrons. The highest BCUT2D eigenvalue weighted by Gasteiger charge is 2.34. The molecule has 3 rings (SSSR count). The number of carbonyl (C=O) groups excluding carboxylic acids is 2. The molecule has 1 aromatic heterocycles. The molecule has 1 aliphatic rings. The summed E-state index contributed by atoms with van der Waals surface area (Å²) in [5.74, 6) is -0.163. The molecule has 3 amide bonds. The fraction of sp³-hybridized carbons (Fsp3) is 0.222. The van der Waals surface area contributed by atoms with Crippen LogP contribution < -0.4 is 10.1 Å². The van der Waals surface area contributed by atoms with E-state index in [2.05, 4.69) is 10.3 Å². The van der Waals surface area contributed by atoms with Gasteiger partial charge < -0.3 is 15.2 Å². The zero-order chi connectivity index (χ0) is 18.5. The van der Waals surface area contributed by atoms with E-state index in [4.69, 9.17) is 9.84 Å². The zero-order valence-electron chi connectivity index (χ0n) is 13.8. The standard InChI is InChI=1S/C18H17N3O5/c22-16-13-4-1-2-5-14(13)17(23)21(16)8-3-9-26-15-7-6-12(10-19-15)11-20-18(24)25/h1-2,4-7,10,20H,3,8-9,11H2,(H,24,25). The Labute approximate surface area is 149 Å². The van der Waals surface area contributed by atoms with Crippen molar-refractivity contribution in [1.82, 2.24) is 15.2 Å². The molecule has 0 aliphatic carbocycles. The van der Waals surface area contributed by atoms with Crippen LogP contribution in [0.25, 0.3) is 0 Å². The van der Waals surface area contributed by atoms with E-state index < -0.39 is 6.09 Å². The lowest BCUT2D eigenvalue weighted by atomic mass is 10.1. The second kappa shape index (κ2) is 7.64. The zero-order valence-corrected chi connectivity index (χ0v) is 13.8. The van der Waals surface area contributed by atoms with Crippen LogP contribution in [0.5, 0.6) is 5.88 Å². The largest absolute Gasteiger partial charge is 0.478 e. The molecule has 2 heterocycles. The molecule has 0 fully saturated rings. The molecule has 8 nitrogen and oxygen atoms in total. The second-order valence-corrected chi connectivity index (χ2v) is 5.67. The molecule has 2 N–H and O–H groups in total. The molecule has 2 aromatic rings. The summed E-state index contributed by atoms with van der Waals surface area (Å²) in [5.41, 5.74) is 1.59. The van der Waals surface area contributed by atoms with Crippen molar-refractivity contribution in [3.8, 4) is 5.88 Å². The molecule has 8 heteroatoms. The summed E-state index contributed by atoms with van der Waals surface area (Å²) in [6.45, 7) is 0.739. The van der Waals surface area contributed by atoms with E-state index in [1.54, 1.807) is 36.4 Å². The van der Waals surface area contributed by atoms with Gasteiger partial charge in [0.25, 0.3) is 11.8 Å². The van der Waals surface area contributed by atoms with Crippen LogP contribution in [-0.2, 0) is 6.54 Å². The second-order valence-electron chi connectivity index (χ2n) is 5.67. The van der Waals surface area contributed by atoms with Crippen molar-refractivity contribution < 1.29 is 24.2 Å². The maximum Gasteiger partial charge on any atom is 0.404 e. The predicted octanol–water partition coefficient (Wildman–Crippen LogP) is 1.91. The van der Waals surface area contributed by atoms with Crippen LogP contribution in [0, 0.1) is 0 Å². The highest BCUT2D eigenvalue weighted by atomic mass is 16.5. The summed E-state index contributed by atoms with van der Waals surface area (Å²) in [6.07, 6.45) is 0.906. The molecular formula is C18H17N3O5. The number of benzene rings is 1. The first-order chi connectivity index (χ1) is 12.6. The number of ether oxygens (including phenoxy) is 1. The molecule has 0 atom stereocenters. The Morgan fingerprint density at radius 2 is 1.81 bits per heavy atom. The Balaban J connectivity index is 1.45. The van der Waals surface area contributed by atoms with Crippen molar-refractivity contribution in [1.29, 1.82) is 0 Å². The molecule has 0 spiro atoms. The van der Waals surface area contributed by atoms with E-state index >= 15 is 0 Å². The van der Waals surface area contributed by atoms with Gasteiger partial charge in [-0.3, -0.25) is 14.5 Å². The van der Waals surface area contributed by atoms with Gasteiger partial charge in [-0.05, 0) is 24.1 Å². The minimum Gasteiger partial charge on any atom is -0.478 e. The molecule has 0 saturated carbocycles. The van der Waals surface area contributed by atoms with Crippen molar-refractivity contribution in [3.05, 3.63) is 59.3 Å². The van der Waals surface area contributed by atoms with E-state index in [9.17, 15) is 14.4 Å². The number of carboxylic acid groups (broad SMARTS) is 1. The van der Waals surface area contributed by atoms with Gasteiger partial charge in [0, 0.05) is 25.4 Å². The molecule has 0 bridgehead atoms. The van der Waals surface area contributed by atoms with Crippen molar-refractivity contribution >= 4 is 17.9 Å². The minimum absolute atomic E-state index is 0.169. The van der Waals surface area contributed by atoms with E-state index in [1.807, 2.05) is 0 Å². The van der Waals surface area contributed by atoms with Crippen molar-refractivity contribution in [2.24, 2.45) is 0 Å². The van der Waals surface area contributed by atoms with Gasteiger partial charge in [-0.25, -0.2) is 9.78 Å². The summed E-state index contributed by atoms with van der Waals surface area (Å²) < 4.78 is 5.50. The summed E-state index contributed by atoms with van der Waals surface area (Å²) in [6, 6.07) is 10.1. The van der Waals surface area contributed by atoms with Gasteiger partial charge in [0.1, 0.15) is 0 Å².